The first kappa shape index (κ1) is 18.6. The molecule has 0 atom stereocenters. The van der Waals surface area contributed by atoms with Crippen LogP contribution in [0.5, 0.6) is 0 Å². The third-order valence-electron chi connectivity index (χ3n) is 4.11. The van der Waals surface area contributed by atoms with Gasteiger partial charge in [0.15, 0.2) is 5.82 Å². The van der Waals surface area contributed by atoms with E-state index in [9.17, 15) is 4.39 Å². The van der Waals surface area contributed by atoms with Gasteiger partial charge in [0.2, 0.25) is 5.13 Å². The quantitative estimate of drug-likeness (QED) is 0.509. The number of aryl methyl sites for hydroxylation is 2. The van der Waals surface area contributed by atoms with Gasteiger partial charge in [0, 0.05) is 28.5 Å². The summed E-state index contributed by atoms with van der Waals surface area (Å²) in [5.74, 6) is 0.247. The van der Waals surface area contributed by atoms with Crippen LogP contribution in [0.15, 0.2) is 36.5 Å². The smallest absolute Gasteiger partial charge is 0.211 e. The second kappa shape index (κ2) is 7.69. The number of aromatic nitrogens is 6. The first-order valence-electron chi connectivity index (χ1n) is 8.55. The maximum Gasteiger partial charge on any atom is 0.211 e. The van der Waals surface area contributed by atoms with Gasteiger partial charge in [-0.15, -0.1) is 10.2 Å². The zero-order chi connectivity index (χ0) is 19.7. The summed E-state index contributed by atoms with van der Waals surface area (Å²) < 4.78 is 17.4. The fourth-order valence-corrected chi connectivity index (χ4v) is 3.75. The van der Waals surface area contributed by atoms with E-state index in [1.165, 1.54) is 17.4 Å². The molecule has 0 aliphatic heterocycles. The maximum absolute atomic E-state index is 13.9. The number of anilines is 2. The Morgan fingerprint density at radius 2 is 2.00 bits per heavy atom. The fraction of sp³-hybridized carbons (Fsp3) is 0.222. The number of halogens is 2. The maximum atomic E-state index is 13.9. The van der Waals surface area contributed by atoms with Crippen molar-refractivity contribution in [3.05, 3.63) is 69.3 Å². The normalized spacial score (nSPS) is 11.1. The topological polar surface area (TPSA) is 73.5 Å². The summed E-state index contributed by atoms with van der Waals surface area (Å²) in [5, 5.41) is 22.1. The highest BCUT2D eigenvalue weighted by Crippen LogP contribution is 2.22. The lowest BCUT2D eigenvalue weighted by Crippen LogP contribution is -2.04. The van der Waals surface area contributed by atoms with Crippen molar-refractivity contribution in [2.75, 3.05) is 5.32 Å². The molecule has 0 saturated heterocycles. The van der Waals surface area contributed by atoms with E-state index < -0.39 is 0 Å². The molecule has 4 aromatic rings. The van der Waals surface area contributed by atoms with Crippen LogP contribution >= 0.6 is 22.9 Å². The van der Waals surface area contributed by atoms with Crippen LogP contribution in [0.3, 0.4) is 0 Å². The number of hydrogen-bond acceptors (Lipinski definition) is 6. The van der Waals surface area contributed by atoms with Crippen molar-refractivity contribution in [3.63, 3.8) is 0 Å². The summed E-state index contributed by atoms with van der Waals surface area (Å²) in [6.45, 7) is 4.78. The summed E-state index contributed by atoms with van der Waals surface area (Å²) in [6.07, 6.45) is 1.75. The van der Waals surface area contributed by atoms with Crippen LogP contribution in [0.2, 0.25) is 5.02 Å². The van der Waals surface area contributed by atoms with Crippen molar-refractivity contribution in [1.82, 2.24) is 29.8 Å². The van der Waals surface area contributed by atoms with E-state index in [4.69, 9.17) is 11.6 Å². The van der Waals surface area contributed by atoms with Crippen LogP contribution in [-0.4, -0.2) is 29.8 Å². The zero-order valence-electron chi connectivity index (χ0n) is 15.2. The second-order valence-electron chi connectivity index (χ2n) is 6.31. The third-order valence-corrected chi connectivity index (χ3v) is 5.29. The Labute approximate surface area is 169 Å². The molecule has 0 fully saturated rings. The predicted octanol–water partition coefficient (Wildman–Crippen LogP) is 4.18. The van der Waals surface area contributed by atoms with Crippen molar-refractivity contribution in [3.8, 4) is 0 Å². The van der Waals surface area contributed by atoms with Gasteiger partial charge in [0.1, 0.15) is 10.8 Å². The zero-order valence-corrected chi connectivity index (χ0v) is 16.8. The average Bonchev–Trinajstić information content (AvgIpc) is 3.34. The molecule has 1 aromatic carbocycles. The minimum Gasteiger partial charge on any atom is -0.313 e. The molecule has 0 radical (unpaired) electrons. The van der Waals surface area contributed by atoms with Crippen molar-refractivity contribution in [2.24, 2.45) is 0 Å². The average molecular weight is 418 g/mol. The van der Waals surface area contributed by atoms with Crippen LogP contribution in [0.1, 0.15) is 22.0 Å². The predicted molar refractivity (Wildman–Crippen MR) is 107 cm³/mol. The van der Waals surface area contributed by atoms with Crippen molar-refractivity contribution in [2.45, 2.75) is 26.9 Å². The molecule has 0 amide bonds. The van der Waals surface area contributed by atoms with Crippen LogP contribution in [-0.2, 0) is 13.1 Å². The van der Waals surface area contributed by atoms with Gasteiger partial charge in [-0.2, -0.15) is 10.2 Å². The minimum absolute atomic E-state index is 0.243. The number of nitrogens with zero attached hydrogens (tertiary/aromatic N) is 6. The Balaban J connectivity index is 1.43. The molecule has 0 aliphatic rings. The lowest BCUT2D eigenvalue weighted by atomic mass is 10.2. The molecular weight excluding hydrogens is 401 g/mol. The van der Waals surface area contributed by atoms with Crippen LogP contribution in [0.25, 0.3) is 0 Å². The summed E-state index contributed by atoms with van der Waals surface area (Å²) in [6, 6.07) is 8.44. The van der Waals surface area contributed by atoms with Gasteiger partial charge in [0.05, 0.1) is 18.8 Å². The van der Waals surface area contributed by atoms with Gasteiger partial charge in [-0.1, -0.05) is 29.0 Å². The largest absolute Gasteiger partial charge is 0.313 e. The van der Waals surface area contributed by atoms with Crippen LogP contribution in [0, 0.1) is 19.7 Å². The monoisotopic (exact) mass is 417 g/mol. The van der Waals surface area contributed by atoms with Gasteiger partial charge < -0.3 is 5.32 Å². The molecule has 0 bridgehead atoms. The van der Waals surface area contributed by atoms with E-state index in [-0.39, 0.29) is 12.4 Å². The highest BCUT2D eigenvalue weighted by Gasteiger charge is 2.11. The van der Waals surface area contributed by atoms with E-state index in [1.807, 2.05) is 24.6 Å². The molecule has 4 rings (SSSR count). The summed E-state index contributed by atoms with van der Waals surface area (Å²) in [7, 11) is 0. The molecule has 144 valence electrons. The van der Waals surface area contributed by atoms with Gasteiger partial charge in [-0.25, -0.2) is 4.39 Å². The highest BCUT2D eigenvalue weighted by atomic mass is 35.5. The number of rotatable bonds is 6. The Hall–Kier alpha value is -2.78. The Morgan fingerprint density at radius 3 is 2.75 bits per heavy atom. The van der Waals surface area contributed by atoms with E-state index in [2.05, 4.69) is 25.7 Å². The molecule has 7 nitrogen and oxygen atoms in total. The van der Waals surface area contributed by atoms with Crippen LogP contribution in [0.4, 0.5) is 15.3 Å². The molecule has 3 aromatic heterocycles. The number of benzene rings is 1. The van der Waals surface area contributed by atoms with E-state index in [0.717, 1.165) is 16.4 Å². The van der Waals surface area contributed by atoms with Crippen molar-refractivity contribution in [1.29, 1.82) is 0 Å². The van der Waals surface area contributed by atoms with Crippen molar-refractivity contribution < 1.29 is 4.39 Å². The highest BCUT2D eigenvalue weighted by molar-refractivity contribution is 7.15. The van der Waals surface area contributed by atoms with E-state index in [1.54, 1.807) is 29.1 Å². The van der Waals surface area contributed by atoms with Crippen molar-refractivity contribution >= 4 is 33.9 Å². The van der Waals surface area contributed by atoms with E-state index >= 15 is 0 Å². The standard InChI is InChI=1S/C18H17ClFN7S/c1-11-8-12(2)27(24-11)10-17-22-23-18(28-17)21-16-6-7-26(25-16)9-13-14(19)4-3-5-15(13)20/h3-8H,9-10H2,1-2H3,(H,21,23,25). The number of nitrogens with one attached hydrogen (secondary N) is 1. The Morgan fingerprint density at radius 1 is 1.14 bits per heavy atom. The van der Waals surface area contributed by atoms with Gasteiger partial charge in [0.25, 0.3) is 0 Å². The fourth-order valence-electron chi connectivity index (χ4n) is 2.80. The lowest BCUT2D eigenvalue weighted by molar-refractivity contribution is 0.586. The minimum atomic E-state index is -0.351. The van der Waals surface area contributed by atoms with Gasteiger partial charge in [-0.3, -0.25) is 9.36 Å². The summed E-state index contributed by atoms with van der Waals surface area (Å²) in [5.41, 5.74) is 2.45. The molecule has 0 spiro atoms. The molecule has 0 unspecified atom stereocenters. The summed E-state index contributed by atoms with van der Waals surface area (Å²) in [4.78, 5) is 0. The Bertz CT molecular complexity index is 1100. The molecule has 0 saturated carbocycles. The molecule has 28 heavy (non-hydrogen) atoms. The molecule has 10 heteroatoms. The molecule has 1 N–H and O–H groups in total. The Kier molecular flexibility index (Phi) is 5.10. The lowest BCUT2D eigenvalue weighted by Gasteiger charge is -2.05. The first-order valence-corrected chi connectivity index (χ1v) is 9.74. The first-order chi connectivity index (χ1) is 13.5. The van der Waals surface area contributed by atoms with E-state index in [0.29, 0.717) is 28.1 Å². The van der Waals surface area contributed by atoms with Crippen LogP contribution < -0.4 is 5.32 Å². The molecule has 0 aliphatic carbocycles. The van der Waals surface area contributed by atoms with Gasteiger partial charge in [-0.05, 0) is 32.0 Å². The summed E-state index contributed by atoms with van der Waals surface area (Å²) >= 11 is 7.51. The number of hydrogen-bond donors (Lipinski definition) is 1. The molecular formula is C18H17ClFN7S. The SMILES string of the molecule is Cc1cc(C)n(Cc2nnc(Nc3ccn(Cc4c(F)cccc4Cl)n3)s2)n1. The second-order valence-corrected chi connectivity index (χ2v) is 7.78. The van der Waals surface area contributed by atoms with Gasteiger partial charge >= 0.3 is 0 Å². The third kappa shape index (κ3) is 4.05. The molecule has 3 heterocycles.